The maximum Gasteiger partial charge on any atom is 0.161 e. The van der Waals surface area contributed by atoms with Gasteiger partial charge in [-0.25, -0.2) is 0 Å². The van der Waals surface area contributed by atoms with E-state index in [1.165, 1.54) is 25.7 Å². The van der Waals surface area contributed by atoms with Gasteiger partial charge in [0, 0.05) is 0 Å². The summed E-state index contributed by atoms with van der Waals surface area (Å²) in [6, 6.07) is 12.3. The highest BCUT2D eigenvalue weighted by Crippen LogP contribution is 2.44. The van der Waals surface area contributed by atoms with E-state index in [1.54, 1.807) is 14.2 Å². The third-order valence-corrected chi connectivity index (χ3v) is 10.7. The van der Waals surface area contributed by atoms with Gasteiger partial charge in [0.05, 0.1) is 49.5 Å². The molecule has 4 aliphatic rings. The van der Waals surface area contributed by atoms with Crippen LogP contribution in [0.2, 0.25) is 0 Å². The summed E-state index contributed by atoms with van der Waals surface area (Å²) in [4.78, 5) is 0. The minimum atomic E-state index is -0.534. The smallest absolute Gasteiger partial charge is 0.161 e. The second-order valence-corrected chi connectivity index (χ2v) is 13.9. The molecule has 0 saturated heterocycles. The minimum absolute atomic E-state index is 0.207. The molecule has 4 saturated carbocycles. The van der Waals surface area contributed by atoms with E-state index in [0.717, 1.165) is 98.3 Å². The van der Waals surface area contributed by atoms with E-state index >= 15 is 0 Å². The molecular weight excluding hydrogens is 576 g/mol. The molecule has 6 heteroatoms. The van der Waals surface area contributed by atoms with Crippen LogP contribution >= 0.6 is 0 Å². The third kappa shape index (κ3) is 7.30. The number of benzene rings is 2. The van der Waals surface area contributed by atoms with E-state index in [2.05, 4.69) is 47.9 Å². The van der Waals surface area contributed by atoms with Crippen molar-refractivity contribution in [1.29, 1.82) is 0 Å². The largest absolute Gasteiger partial charge is 0.493 e. The van der Waals surface area contributed by atoms with Crippen LogP contribution < -0.4 is 18.9 Å². The molecule has 2 aromatic carbocycles. The fraction of sp³-hybridized carbons (Fsp3) is 0.600. The maximum absolute atomic E-state index is 10.8. The second-order valence-electron chi connectivity index (χ2n) is 13.9. The van der Waals surface area contributed by atoms with Gasteiger partial charge in [-0.05, 0) is 150 Å². The van der Waals surface area contributed by atoms with E-state index in [-0.39, 0.29) is 12.2 Å². The summed E-state index contributed by atoms with van der Waals surface area (Å²) in [5.74, 6) is 16.6. The molecule has 2 N–H and O–H groups in total. The van der Waals surface area contributed by atoms with Gasteiger partial charge in [-0.2, -0.15) is 0 Å². The predicted molar refractivity (Wildman–Crippen MR) is 180 cm³/mol. The lowest BCUT2D eigenvalue weighted by Crippen LogP contribution is -2.34. The minimum Gasteiger partial charge on any atom is -0.493 e. The highest BCUT2D eigenvalue weighted by atomic mass is 16.5. The zero-order chi connectivity index (χ0) is 32.0. The van der Waals surface area contributed by atoms with Crippen LogP contribution in [0.4, 0.5) is 0 Å². The molecule has 46 heavy (non-hydrogen) atoms. The molecule has 6 rings (SSSR count). The molecule has 4 aliphatic carbocycles. The van der Waals surface area contributed by atoms with Crippen molar-refractivity contribution in [3.63, 3.8) is 0 Å². The zero-order valence-electron chi connectivity index (χ0n) is 27.6. The van der Waals surface area contributed by atoms with Gasteiger partial charge in [0.2, 0.25) is 0 Å². The molecule has 4 atom stereocenters. The van der Waals surface area contributed by atoms with Gasteiger partial charge in [0.25, 0.3) is 0 Å². The molecule has 0 radical (unpaired) electrons. The number of aliphatic hydroxyl groups is 2. The molecule has 0 amide bonds. The molecule has 2 aromatic rings. The molecule has 0 unspecified atom stereocenters. The van der Waals surface area contributed by atoms with E-state index in [0.29, 0.717) is 12.8 Å². The SMILES string of the molecule is COc1ccc([C@]2(C#CC#C[C@@]3(c4ccc(OC)c(OC5CCCC5)c4)CCC[C@H](O)C3)CCC[C@H](O)C2)cc1OC1CCCC1. The number of methoxy groups -OCH3 is 2. The van der Waals surface area contributed by atoms with Crippen LogP contribution in [0.15, 0.2) is 36.4 Å². The zero-order valence-corrected chi connectivity index (χ0v) is 27.6. The summed E-state index contributed by atoms with van der Waals surface area (Å²) in [5.41, 5.74) is 1.02. The Morgan fingerprint density at radius 3 is 1.35 bits per heavy atom. The Bertz CT molecular complexity index is 1350. The summed E-state index contributed by atoms with van der Waals surface area (Å²) in [5, 5.41) is 21.7. The number of hydrogen-bond acceptors (Lipinski definition) is 6. The van der Waals surface area contributed by atoms with Crippen LogP contribution in [0.5, 0.6) is 23.0 Å². The van der Waals surface area contributed by atoms with Crippen molar-refractivity contribution in [3.05, 3.63) is 47.5 Å². The lowest BCUT2D eigenvalue weighted by atomic mass is 9.68. The van der Waals surface area contributed by atoms with Crippen molar-refractivity contribution < 1.29 is 29.2 Å². The van der Waals surface area contributed by atoms with Crippen LogP contribution in [0, 0.1) is 23.7 Å². The molecule has 0 heterocycles. The Morgan fingerprint density at radius 1 is 0.565 bits per heavy atom. The van der Waals surface area contributed by atoms with Crippen LogP contribution in [-0.4, -0.2) is 48.8 Å². The Balaban J connectivity index is 1.34. The Morgan fingerprint density at radius 2 is 0.978 bits per heavy atom. The molecule has 0 spiro atoms. The quantitative estimate of drug-likeness (QED) is 0.298. The van der Waals surface area contributed by atoms with Gasteiger partial charge in [0.15, 0.2) is 23.0 Å². The Kier molecular flexibility index (Phi) is 10.4. The van der Waals surface area contributed by atoms with Gasteiger partial charge < -0.3 is 29.2 Å². The van der Waals surface area contributed by atoms with Crippen molar-refractivity contribution in [2.45, 2.75) is 138 Å². The number of rotatable bonds is 8. The van der Waals surface area contributed by atoms with Crippen LogP contribution in [-0.2, 0) is 10.8 Å². The summed E-state index contributed by atoms with van der Waals surface area (Å²) in [6.45, 7) is 0. The standard InChI is InChI=1S/C40H50O6/c1-43-35-19-17-29(25-37(35)45-33-13-3-4-14-33)39(23-9-11-31(41)27-39)21-7-8-22-40(24-10-12-32(42)28-40)30-18-20-36(44-2)38(26-30)46-34-15-5-6-16-34/h17-20,25-26,31-34,41-42H,3-6,9-16,23-24,27-28H2,1-2H3/t31-,32-,39+,40+/m0/s1. The fourth-order valence-electron chi connectivity index (χ4n) is 8.19. The van der Waals surface area contributed by atoms with E-state index in [9.17, 15) is 10.2 Å². The highest BCUT2D eigenvalue weighted by Gasteiger charge is 2.38. The normalized spacial score (nSPS) is 28.4. The second kappa shape index (κ2) is 14.6. The lowest BCUT2D eigenvalue weighted by molar-refractivity contribution is 0.102. The first-order valence-corrected chi connectivity index (χ1v) is 17.5. The summed E-state index contributed by atoms with van der Waals surface area (Å²) in [6.07, 6.45) is 14.7. The van der Waals surface area contributed by atoms with Gasteiger partial charge in [0.1, 0.15) is 0 Å². The summed E-state index contributed by atoms with van der Waals surface area (Å²) >= 11 is 0. The molecule has 246 valence electrons. The topological polar surface area (TPSA) is 77.4 Å². The predicted octanol–water partition coefficient (Wildman–Crippen LogP) is 7.40. The Hall–Kier alpha value is -3.32. The number of ether oxygens (including phenoxy) is 4. The fourth-order valence-corrected chi connectivity index (χ4v) is 8.19. The molecule has 0 aliphatic heterocycles. The number of hydrogen-bond donors (Lipinski definition) is 2. The van der Waals surface area contributed by atoms with Crippen molar-refractivity contribution in [2.75, 3.05) is 14.2 Å². The monoisotopic (exact) mass is 626 g/mol. The van der Waals surface area contributed by atoms with Crippen LogP contribution in [0.1, 0.15) is 114 Å². The van der Waals surface area contributed by atoms with Gasteiger partial charge >= 0.3 is 0 Å². The average Bonchev–Trinajstić information content (AvgIpc) is 3.78. The first kappa shape index (κ1) is 32.6. The van der Waals surface area contributed by atoms with Gasteiger partial charge in [-0.3, -0.25) is 0 Å². The molecular formula is C40H50O6. The molecule has 6 nitrogen and oxygen atoms in total. The van der Waals surface area contributed by atoms with Crippen molar-refractivity contribution >= 4 is 0 Å². The first-order valence-electron chi connectivity index (χ1n) is 17.5. The first-order chi connectivity index (χ1) is 22.4. The molecule has 0 bridgehead atoms. The third-order valence-electron chi connectivity index (χ3n) is 10.7. The number of aliphatic hydroxyl groups excluding tert-OH is 2. The summed E-state index contributed by atoms with van der Waals surface area (Å²) in [7, 11) is 3.35. The summed E-state index contributed by atoms with van der Waals surface area (Å²) < 4.78 is 24.2. The highest BCUT2D eigenvalue weighted by molar-refractivity contribution is 5.52. The maximum atomic E-state index is 10.8. The van der Waals surface area contributed by atoms with Crippen LogP contribution in [0.3, 0.4) is 0 Å². The molecule has 0 aromatic heterocycles. The van der Waals surface area contributed by atoms with Crippen molar-refractivity contribution in [1.82, 2.24) is 0 Å². The lowest BCUT2D eigenvalue weighted by Gasteiger charge is -2.36. The van der Waals surface area contributed by atoms with Crippen molar-refractivity contribution in [3.8, 4) is 46.7 Å². The van der Waals surface area contributed by atoms with E-state index < -0.39 is 23.0 Å². The van der Waals surface area contributed by atoms with Crippen molar-refractivity contribution in [2.24, 2.45) is 0 Å². The average molecular weight is 627 g/mol. The van der Waals surface area contributed by atoms with Gasteiger partial charge in [-0.15, -0.1) is 0 Å². The molecule has 4 fully saturated rings. The van der Waals surface area contributed by atoms with Crippen LogP contribution in [0.25, 0.3) is 0 Å². The van der Waals surface area contributed by atoms with E-state index in [4.69, 9.17) is 18.9 Å². The Labute approximate surface area is 275 Å². The van der Waals surface area contributed by atoms with Gasteiger partial charge in [-0.1, -0.05) is 24.0 Å². The van der Waals surface area contributed by atoms with E-state index in [1.807, 2.05) is 12.1 Å².